The lowest BCUT2D eigenvalue weighted by molar-refractivity contribution is -0.149. The van der Waals surface area contributed by atoms with E-state index >= 15 is 0 Å². The minimum absolute atomic E-state index is 0.0199. The van der Waals surface area contributed by atoms with E-state index < -0.39 is 18.3 Å². The zero-order valence-electron chi connectivity index (χ0n) is 11.2. The molecule has 6 heteroatoms. The van der Waals surface area contributed by atoms with E-state index in [9.17, 15) is 18.3 Å². The third-order valence-electron chi connectivity index (χ3n) is 2.98. The number of alkyl halides is 3. The Balaban J connectivity index is 2.63. The Morgan fingerprint density at radius 3 is 2.17 bits per heavy atom. The summed E-state index contributed by atoms with van der Waals surface area (Å²) in [5, 5.41) is 12.6. The number of halogens is 3. The van der Waals surface area contributed by atoms with Gasteiger partial charge in [0.2, 0.25) is 0 Å². The van der Waals surface area contributed by atoms with Crippen molar-refractivity contribution in [1.29, 1.82) is 0 Å². The number of aliphatic hydroxyl groups is 1. The maximum Gasteiger partial charge on any atom is 0.401 e. The summed E-state index contributed by atoms with van der Waals surface area (Å²) >= 11 is 0. The molecule has 1 saturated carbocycles. The molecule has 1 fully saturated rings. The highest BCUT2D eigenvalue weighted by molar-refractivity contribution is 4.94. The van der Waals surface area contributed by atoms with E-state index in [1.807, 2.05) is 13.8 Å². The molecule has 0 bridgehead atoms. The number of nitrogens with one attached hydrogen (secondary N) is 1. The van der Waals surface area contributed by atoms with Crippen LogP contribution < -0.4 is 5.32 Å². The van der Waals surface area contributed by atoms with Crippen LogP contribution in [0.5, 0.6) is 0 Å². The highest BCUT2D eigenvalue weighted by atomic mass is 19.4. The minimum atomic E-state index is -4.18. The van der Waals surface area contributed by atoms with Crippen molar-refractivity contribution in [2.45, 2.75) is 57.4 Å². The number of aliphatic hydroxyl groups excluding tert-OH is 1. The van der Waals surface area contributed by atoms with Crippen LogP contribution >= 0.6 is 0 Å². The van der Waals surface area contributed by atoms with E-state index in [-0.39, 0.29) is 25.2 Å². The van der Waals surface area contributed by atoms with Gasteiger partial charge in [0.25, 0.3) is 0 Å². The van der Waals surface area contributed by atoms with E-state index in [1.54, 1.807) is 6.92 Å². The molecule has 1 unspecified atom stereocenters. The summed E-state index contributed by atoms with van der Waals surface area (Å²) in [6.07, 6.45) is -2.55. The summed E-state index contributed by atoms with van der Waals surface area (Å²) in [5.74, 6) is 0. The van der Waals surface area contributed by atoms with Crippen LogP contribution in [-0.4, -0.2) is 53.5 Å². The molecule has 108 valence electrons. The summed E-state index contributed by atoms with van der Waals surface area (Å²) < 4.78 is 37.5. The van der Waals surface area contributed by atoms with Gasteiger partial charge in [0.05, 0.1) is 18.7 Å². The predicted octanol–water partition coefficient (Wildman–Crippen LogP) is 1.76. The van der Waals surface area contributed by atoms with Gasteiger partial charge in [-0.2, -0.15) is 13.2 Å². The standard InChI is InChI=1S/C12H23F3N2O/c1-9(2)16-11(3,8-18)6-17(10-4-5-10)7-12(13,14)15/h9-10,16,18H,4-8H2,1-3H3. The molecule has 0 aromatic heterocycles. The van der Waals surface area contributed by atoms with Crippen molar-refractivity contribution >= 4 is 0 Å². The number of hydrogen-bond acceptors (Lipinski definition) is 3. The molecule has 1 atom stereocenters. The highest BCUT2D eigenvalue weighted by Crippen LogP contribution is 2.31. The van der Waals surface area contributed by atoms with Crippen LogP contribution in [0, 0.1) is 0 Å². The first-order chi connectivity index (χ1) is 8.15. The Labute approximate surface area is 106 Å². The second-order valence-electron chi connectivity index (χ2n) is 5.77. The van der Waals surface area contributed by atoms with E-state index in [4.69, 9.17) is 0 Å². The molecule has 2 N–H and O–H groups in total. The van der Waals surface area contributed by atoms with Crippen LogP contribution in [0.15, 0.2) is 0 Å². The van der Waals surface area contributed by atoms with Gasteiger partial charge < -0.3 is 10.4 Å². The summed E-state index contributed by atoms with van der Waals surface area (Å²) in [4.78, 5) is 1.44. The van der Waals surface area contributed by atoms with Gasteiger partial charge in [-0.3, -0.25) is 4.90 Å². The van der Waals surface area contributed by atoms with Crippen molar-refractivity contribution in [2.24, 2.45) is 0 Å². The normalized spacial score (nSPS) is 20.5. The number of nitrogens with zero attached hydrogens (tertiary/aromatic N) is 1. The molecule has 0 saturated heterocycles. The molecule has 3 nitrogen and oxygen atoms in total. The lowest BCUT2D eigenvalue weighted by Crippen LogP contribution is -2.57. The predicted molar refractivity (Wildman–Crippen MR) is 64.4 cm³/mol. The van der Waals surface area contributed by atoms with Crippen molar-refractivity contribution in [3.8, 4) is 0 Å². The largest absolute Gasteiger partial charge is 0.401 e. The Morgan fingerprint density at radius 1 is 1.28 bits per heavy atom. The Kier molecular flexibility index (Phi) is 5.03. The summed E-state index contributed by atoms with van der Waals surface area (Å²) in [7, 11) is 0. The molecule has 0 heterocycles. The van der Waals surface area contributed by atoms with Crippen LogP contribution in [0.2, 0.25) is 0 Å². The van der Waals surface area contributed by atoms with E-state index in [2.05, 4.69) is 5.32 Å². The summed E-state index contributed by atoms with van der Waals surface area (Å²) in [6, 6.07) is 0.139. The van der Waals surface area contributed by atoms with Crippen LogP contribution in [0.1, 0.15) is 33.6 Å². The molecule has 1 aliphatic rings. The molecule has 0 aromatic carbocycles. The van der Waals surface area contributed by atoms with E-state index in [0.29, 0.717) is 0 Å². The van der Waals surface area contributed by atoms with Crippen molar-refractivity contribution in [3.05, 3.63) is 0 Å². The fourth-order valence-electron chi connectivity index (χ4n) is 2.27. The summed E-state index contributed by atoms with van der Waals surface area (Å²) in [6.45, 7) is 4.74. The first kappa shape index (κ1) is 15.7. The van der Waals surface area contributed by atoms with Gasteiger partial charge in [0.1, 0.15) is 0 Å². The fraction of sp³-hybridized carbons (Fsp3) is 1.00. The molecule has 0 aliphatic heterocycles. The van der Waals surface area contributed by atoms with Gasteiger partial charge in [-0.05, 0) is 19.8 Å². The van der Waals surface area contributed by atoms with Gasteiger partial charge in [-0.15, -0.1) is 0 Å². The van der Waals surface area contributed by atoms with Gasteiger partial charge in [0.15, 0.2) is 0 Å². The Morgan fingerprint density at radius 2 is 1.83 bits per heavy atom. The zero-order valence-corrected chi connectivity index (χ0v) is 11.2. The molecular weight excluding hydrogens is 245 g/mol. The van der Waals surface area contributed by atoms with Crippen molar-refractivity contribution in [1.82, 2.24) is 10.2 Å². The van der Waals surface area contributed by atoms with Crippen molar-refractivity contribution in [3.63, 3.8) is 0 Å². The zero-order chi connectivity index (χ0) is 14.0. The highest BCUT2D eigenvalue weighted by Gasteiger charge is 2.41. The topological polar surface area (TPSA) is 35.5 Å². The first-order valence-electron chi connectivity index (χ1n) is 6.34. The van der Waals surface area contributed by atoms with Crippen molar-refractivity contribution in [2.75, 3.05) is 19.7 Å². The van der Waals surface area contributed by atoms with Gasteiger partial charge in [-0.25, -0.2) is 0 Å². The van der Waals surface area contributed by atoms with E-state index in [1.165, 1.54) is 4.90 Å². The van der Waals surface area contributed by atoms with Gasteiger partial charge >= 0.3 is 6.18 Å². The molecule has 1 rings (SSSR count). The number of hydrogen-bond donors (Lipinski definition) is 2. The van der Waals surface area contributed by atoms with Crippen LogP contribution in [0.25, 0.3) is 0 Å². The van der Waals surface area contributed by atoms with Gasteiger partial charge in [-0.1, -0.05) is 13.8 Å². The summed E-state index contributed by atoms with van der Waals surface area (Å²) in [5.41, 5.74) is -0.692. The molecular formula is C12H23F3N2O. The first-order valence-corrected chi connectivity index (χ1v) is 6.34. The van der Waals surface area contributed by atoms with Gasteiger partial charge in [0, 0.05) is 18.6 Å². The molecule has 0 aromatic rings. The average molecular weight is 268 g/mol. The maximum atomic E-state index is 12.5. The third-order valence-corrected chi connectivity index (χ3v) is 2.98. The average Bonchev–Trinajstić information content (AvgIpc) is 2.96. The van der Waals surface area contributed by atoms with Crippen LogP contribution in [-0.2, 0) is 0 Å². The Hall–Kier alpha value is -0.330. The Bertz CT molecular complexity index is 267. The SMILES string of the molecule is CC(C)NC(C)(CO)CN(CC(F)(F)F)C1CC1. The second-order valence-corrected chi connectivity index (χ2v) is 5.77. The van der Waals surface area contributed by atoms with Crippen molar-refractivity contribution < 1.29 is 18.3 Å². The lowest BCUT2D eigenvalue weighted by atomic mass is 10.0. The molecule has 0 spiro atoms. The lowest BCUT2D eigenvalue weighted by Gasteiger charge is -2.37. The van der Waals surface area contributed by atoms with Crippen LogP contribution in [0.3, 0.4) is 0 Å². The monoisotopic (exact) mass is 268 g/mol. The second kappa shape index (κ2) is 5.75. The quantitative estimate of drug-likeness (QED) is 0.738. The van der Waals surface area contributed by atoms with E-state index in [0.717, 1.165) is 12.8 Å². The molecule has 1 aliphatic carbocycles. The van der Waals surface area contributed by atoms with Crippen LogP contribution in [0.4, 0.5) is 13.2 Å². The third kappa shape index (κ3) is 5.54. The molecule has 0 radical (unpaired) electrons. The molecule has 18 heavy (non-hydrogen) atoms. The number of rotatable bonds is 7. The minimum Gasteiger partial charge on any atom is -0.394 e. The molecule has 0 amide bonds. The smallest absolute Gasteiger partial charge is 0.394 e. The maximum absolute atomic E-state index is 12.5. The fourth-order valence-corrected chi connectivity index (χ4v) is 2.27.